The third-order valence-electron chi connectivity index (χ3n) is 8.41. The van der Waals surface area contributed by atoms with E-state index >= 15 is 0 Å². The van der Waals surface area contributed by atoms with E-state index in [9.17, 15) is 9.59 Å². The summed E-state index contributed by atoms with van der Waals surface area (Å²) in [6.45, 7) is 12.1. The number of hydrogen-bond donors (Lipinski definition) is 1. The molecule has 8 heteroatoms. The normalized spacial score (nSPS) is 20.1. The lowest BCUT2D eigenvalue weighted by Gasteiger charge is -2.29. The van der Waals surface area contributed by atoms with Crippen molar-refractivity contribution in [2.24, 2.45) is 5.92 Å². The number of esters is 1. The fraction of sp³-hybridized carbons (Fsp3) is 0.944. The van der Waals surface area contributed by atoms with Gasteiger partial charge in [0, 0.05) is 25.5 Å². The van der Waals surface area contributed by atoms with Crippen LogP contribution in [-0.2, 0) is 28.5 Å². The molecule has 44 heavy (non-hydrogen) atoms. The molecule has 2 radical (unpaired) electrons. The molecule has 1 amide bonds. The number of carbonyl (C=O) groups is 2. The third-order valence-corrected chi connectivity index (χ3v) is 8.41. The Hall–Kier alpha value is -1.12. The van der Waals surface area contributed by atoms with Gasteiger partial charge in [0.2, 0.25) is 0 Å². The van der Waals surface area contributed by atoms with E-state index < -0.39 is 0 Å². The van der Waals surface area contributed by atoms with Crippen molar-refractivity contribution >= 4 is 19.7 Å². The Kier molecular flexibility index (Phi) is 25.1. The van der Waals surface area contributed by atoms with Crippen molar-refractivity contribution in [3.63, 3.8) is 0 Å². The minimum Gasteiger partial charge on any atom is -0.456 e. The maximum atomic E-state index is 12.0. The van der Waals surface area contributed by atoms with Crippen LogP contribution in [0.1, 0.15) is 157 Å². The highest BCUT2D eigenvalue weighted by Crippen LogP contribution is 2.39. The van der Waals surface area contributed by atoms with Gasteiger partial charge in [0.15, 0.2) is 6.61 Å². The maximum Gasteiger partial charge on any atom is 0.306 e. The number of hydrogen-bond acceptors (Lipinski definition) is 6. The van der Waals surface area contributed by atoms with Crippen LogP contribution in [0.2, 0.25) is 5.82 Å². The first-order chi connectivity index (χ1) is 21.2. The predicted octanol–water partition coefficient (Wildman–Crippen LogP) is 8.27. The summed E-state index contributed by atoms with van der Waals surface area (Å²) in [6, 6.07) is 0. The number of carbonyl (C=O) groups excluding carboxylic acids is 2. The zero-order valence-electron chi connectivity index (χ0n) is 29.3. The van der Waals surface area contributed by atoms with Crippen LogP contribution >= 0.6 is 0 Å². The molecule has 7 nitrogen and oxygen atoms in total. The molecule has 256 valence electrons. The molecule has 0 bridgehead atoms. The van der Waals surface area contributed by atoms with Gasteiger partial charge in [0.25, 0.3) is 5.91 Å². The Morgan fingerprint density at radius 3 is 1.91 bits per heavy atom. The molecule has 0 aromatic carbocycles. The van der Waals surface area contributed by atoms with Gasteiger partial charge in [-0.05, 0) is 59.2 Å². The highest BCUT2D eigenvalue weighted by atomic mass is 16.6. The number of ether oxygens (including phenoxy) is 4. The second-order valence-corrected chi connectivity index (χ2v) is 13.4. The summed E-state index contributed by atoms with van der Waals surface area (Å²) >= 11 is 0. The summed E-state index contributed by atoms with van der Waals surface area (Å²) in [5.74, 6) is -0.292. The van der Waals surface area contributed by atoms with E-state index in [0.29, 0.717) is 26.2 Å². The smallest absolute Gasteiger partial charge is 0.306 e. The number of unbranched alkanes of at least 4 members (excludes halogenated alkanes) is 15. The first-order valence-corrected chi connectivity index (χ1v) is 18.3. The quantitative estimate of drug-likeness (QED) is 0.0514. The van der Waals surface area contributed by atoms with E-state index in [4.69, 9.17) is 26.8 Å². The summed E-state index contributed by atoms with van der Waals surface area (Å²) in [6.07, 6.45) is 21.8. The molecule has 0 saturated heterocycles. The molecule has 1 fully saturated rings. The van der Waals surface area contributed by atoms with E-state index in [1.807, 2.05) is 27.7 Å². The Bertz CT molecular complexity index is 706. The minimum atomic E-state index is -0.273. The van der Waals surface area contributed by atoms with E-state index in [-0.39, 0.29) is 54.6 Å². The fourth-order valence-electron chi connectivity index (χ4n) is 5.91. The second kappa shape index (κ2) is 27.0. The minimum absolute atomic E-state index is 0.0394. The van der Waals surface area contributed by atoms with Crippen molar-refractivity contribution in [3.05, 3.63) is 0 Å². The molecular weight excluding hydrogens is 553 g/mol. The second-order valence-electron chi connectivity index (χ2n) is 13.4. The van der Waals surface area contributed by atoms with E-state index in [0.717, 1.165) is 44.9 Å². The molecule has 1 aliphatic rings. The highest BCUT2D eigenvalue weighted by Gasteiger charge is 2.42. The average molecular weight is 622 g/mol. The van der Waals surface area contributed by atoms with Gasteiger partial charge in [-0.1, -0.05) is 96.8 Å². The van der Waals surface area contributed by atoms with Gasteiger partial charge in [-0.25, -0.2) is 0 Å². The molecule has 0 spiro atoms. The van der Waals surface area contributed by atoms with Crippen molar-refractivity contribution < 1.29 is 28.5 Å². The lowest BCUT2D eigenvalue weighted by Crippen LogP contribution is -2.36. The van der Waals surface area contributed by atoms with E-state index in [1.54, 1.807) is 0 Å². The third kappa shape index (κ3) is 21.6. The lowest BCUT2D eigenvalue weighted by atomic mass is 9.83. The number of rotatable bonds is 29. The Morgan fingerprint density at radius 2 is 1.32 bits per heavy atom. The van der Waals surface area contributed by atoms with Crippen LogP contribution in [0.15, 0.2) is 0 Å². The average Bonchev–Trinajstić information content (AvgIpc) is 3.27. The van der Waals surface area contributed by atoms with Gasteiger partial charge in [-0.3, -0.25) is 9.59 Å². The van der Waals surface area contributed by atoms with Gasteiger partial charge >= 0.3 is 5.97 Å². The monoisotopic (exact) mass is 622 g/mol. The van der Waals surface area contributed by atoms with Gasteiger partial charge in [0.1, 0.15) is 0 Å². The Labute approximate surface area is 272 Å². The molecule has 1 aliphatic carbocycles. The van der Waals surface area contributed by atoms with Gasteiger partial charge in [0.05, 0.1) is 38.9 Å². The number of nitrogens with one attached hydrogen (secondary N) is 1. The standard InChI is InChI=1S/C36H68BNO6/c1-6-7-8-9-10-11-12-13-14-15-16-17-20-23-34(40)43-28-33(39)38-24-21-18-19-22-25-41-36-32(37)26-31(27-42-29(2)3)35(36)44-30(4)5/h29-32,35-36H,6-28H2,1-5H3,(H,38,39)/t31-,32-,35?,36?/m1/s1. The molecule has 0 aliphatic heterocycles. The highest BCUT2D eigenvalue weighted by molar-refractivity contribution is 6.12. The van der Waals surface area contributed by atoms with Gasteiger partial charge < -0.3 is 24.3 Å². The summed E-state index contributed by atoms with van der Waals surface area (Å²) in [5, 5.41) is 2.85. The van der Waals surface area contributed by atoms with Crippen LogP contribution in [-0.4, -0.2) is 70.5 Å². The van der Waals surface area contributed by atoms with Gasteiger partial charge in [-0.2, -0.15) is 0 Å². The van der Waals surface area contributed by atoms with Crippen LogP contribution in [0.5, 0.6) is 0 Å². The van der Waals surface area contributed by atoms with Crippen molar-refractivity contribution in [1.82, 2.24) is 5.32 Å². The first-order valence-electron chi connectivity index (χ1n) is 18.3. The molecule has 4 atom stereocenters. The topological polar surface area (TPSA) is 83.1 Å². The van der Waals surface area contributed by atoms with Gasteiger partial charge in [-0.15, -0.1) is 0 Å². The van der Waals surface area contributed by atoms with E-state index in [2.05, 4.69) is 12.2 Å². The van der Waals surface area contributed by atoms with Crippen molar-refractivity contribution in [2.45, 2.75) is 187 Å². The summed E-state index contributed by atoms with van der Waals surface area (Å²) in [7, 11) is 6.43. The summed E-state index contributed by atoms with van der Waals surface area (Å²) in [5.41, 5.74) is 0. The fourth-order valence-corrected chi connectivity index (χ4v) is 5.91. The molecule has 1 rings (SSSR count). The number of amides is 1. The maximum absolute atomic E-state index is 12.0. The van der Waals surface area contributed by atoms with Crippen LogP contribution in [0.3, 0.4) is 0 Å². The molecule has 2 unspecified atom stereocenters. The Balaban J connectivity index is 1.98. The zero-order chi connectivity index (χ0) is 32.4. The van der Waals surface area contributed by atoms with Crippen molar-refractivity contribution in [1.29, 1.82) is 0 Å². The lowest BCUT2D eigenvalue weighted by molar-refractivity contribution is -0.148. The summed E-state index contributed by atoms with van der Waals surface area (Å²) < 4.78 is 23.4. The SMILES string of the molecule is [B][C@@H]1C[C@H](COC(C)C)C(OC(C)C)C1OCCCCCCNC(=O)COC(=O)CCCCCCCCCCCCCCC. The molecular formula is C36H68BNO6. The summed E-state index contributed by atoms with van der Waals surface area (Å²) in [4.78, 5) is 24.0. The van der Waals surface area contributed by atoms with Crippen molar-refractivity contribution in [2.75, 3.05) is 26.4 Å². The van der Waals surface area contributed by atoms with Crippen molar-refractivity contribution in [3.8, 4) is 0 Å². The first kappa shape index (κ1) is 40.9. The predicted molar refractivity (Wildman–Crippen MR) is 181 cm³/mol. The zero-order valence-corrected chi connectivity index (χ0v) is 29.3. The molecule has 1 saturated carbocycles. The van der Waals surface area contributed by atoms with E-state index in [1.165, 1.54) is 70.6 Å². The largest absolute Gasteiger partial charge is 0.456 e. The van der Waals surface area contributed by atoms with Crippen LogP contribution in [0, 0.1) is 5.92 Å². The Morgan fingerprint density at radius 1 is 0.750 bits per heavy atom. The van der Waals surface area contributed by atoms with Crippen LogP contribution < -0.4 is 5.32 Å². The van der Waals surface area contributed by atoms with Crippen LogP contribution in [0.4, 0.5) is 0 Å². The van der Waals surface area contributed by atoms with Crippen LogP contribution in [0.25, 0.3) is 0 Å². The molecule has 0 aromatic rings. The molecule has 0 aromatic heterocycles. The molecule has 1 N–H and O–H groups in total. The molecule has 0 heterocycles.